The third kappa shape index (κ3) is 5.69. The van der Waals surface area contributed by atoms with Gasteiger partial charge < -0.3 is 10.2 Å². The molecule has 92 valence electrons. The lowest BCUT2D eigenvalue weighted by molar-refractivity contribution is 0.270. The lowest BCUT2D eigenvalue weighted by Crippen LogP contribution is -2.41. The van der Waals surface area contributed by atoms with Crippen LogP contribution in [0, 0.1) is 5.92 Å². The molecule has 2 nitrogen and oxygen atoms in total. The van der Waals surface area contributed by atoms with Gasteiger partial charge in [-0.2, -0.15) is 0 Å². The predicted molar refractivity (Wildman–Crippen MR) is 70.6 cm³/mol. The second kappa shape index (κ2) is 6.02. The van der Waals surface area contributed by atoms with Gasteiger partial charge in [-0.15, -0.1) is 0 Å². The van der Waals surface area contributed by atoms with E-state index in [1.807, 2.05) is 0 Å². The minimum absolute atomic E-state index is 0.326. The van der Waals surface area contributed by atoms with E-state index >= 15 is 0 Å². The van der Waals surface area contributed by atoms with Crippen LogP contribution < -0.4 is 5.73 Å². The molecule has 3 heteroatoms. The molecule has 0 aliphatic rings. The summed E-state index contributed by atoms with van der Waals surface area (Å²) in [6.45, 7) is 15.3. The van der Waals surface area contributed by atoms with Crippen LogP contribution in [0.25, 0.3) is 0 Å². The van der Waals surface area contributed by atoms with E-state index in [1.54, 1.807) is 0 Å². The lowest BCUT2D eigenvalue weighted by Gasteiger charge is -2.36. The number of hydrogen-bond donors (Lipinski definition) is 1. The third-order valence-corrected chi connectivity index (χ3v) is 8.05. The molecule has 0 unspecified atom stereocenters. The van der Waals surface area contributed by atoms with Crippen LogP contribution in [0.5, 0.6) is 0 Å². The van der Waals surface area contributed by atoms with Crippen LogP contribution in [0.2, 0.25) is 18.1 Å². The maximum atomic E-state index is 6.09. The normalized spacial score (nSPS) is 15.4. The Balaban J connectivity index is 3.77. The van der Waals surface area contributed by atoms with E-state index in [-0.39, 0.29) is 0 Å². The van der Waals surface area contributed by atoms with Gasteiger partial charge in [0.1, 0.15) is 0 Å². The van der Waals surface area contributed by atoms with Crippen LogP contribution in [0.4, 0.5) is 0 Å². The van der Waals surface area contributed by atoms with Crippen molar-refractivity contribution in [2.75, 3.05) is 13.2 Å². The molecule has 0 aromatic heterocycles. The molecule has 0 saturated carbocycles. The van der Waals surface area contributed by atoms with Crippen LogP contribution in [-0.4, -0.2) is 21.5 Å². The molecule has 0 aromatic carbocycles. The van der Waals surface area contributed by atoms with Crippen LogP contribution >= 0.6 is 0 Å². The maximum absolute atomic E-state index is 6.09. The summed E-state index contributed by atoms with van der Waals surface area (Å²) in [6, 6.07) is 0. The zero-order chi connectivity index (χ0) is 12.1. The fourth-order valence-electron chi connectivity index (χ4n) is 1.09. The van der Waals surface area contributed by atoms with Gasteiger partial charge in [0, 0.05) is 6.61 Å². The van der Waals surface area contributed by atoms with Crippen molar-refractivity contribution in [3.05, 3.63) is 0 Å². The molecule has 0 aliphatic carbocycles. The van der Waals surface area contributed by atoms with E-state index in [0.717, 1.165) is 19.6 Å². The van der Waals surface area contributed by atoms with E-state index in [2.05, 4.69) is 40.8 Å². The van der Waals surface area contributed by atoms with Crippen LogP contribution in [0.15, 0.2) is 0 Å². The van der Waals surface area contributed by atoms with Gasteiger partial charge in [-0.05, 0) is 43.4 Å². The molecule has 0 radical (unpaired) electrons. The molecule has 0 bridgehead atoms. The quantitative estimate of drug-likeness (QED) is 0.562. The standard InChI is InChI=1S/C12H29NOSi/c1-11(10-13)8-7-9-14-15(5,6)12(2,3)4/h11H,7-10,13H2,1-6H3/t11-/m1/s1. The average molecular weight is 231 g/mol. The molecule has 0 aliphatic heterocycles. The van der Waals surface area contributed by atoms with Gasteiger partial charge in [0.25, 0.3) is 0 Å². The Labute approximate surface area is 96.7 Å². The van der Waals surface area contributed by atoms with E-state index in [4.69, 9.17) is 10.2 Å². The van der Waals surface area contributed by atoms with Crippen molar-refractivity contribution in [1.82, 2.24) is 0 Å². The van der Waals surface area contributed by atoms with Gasteiger partial charge >= 0.3 is 0 Å². The Morgan fingerprint density at radius 3 is 2.20 bits per heavy atom. The molecular weight excluding hydrogens is 202 g/mol. The molecule has 1 atom stereocenters. The predicted octanol–water partition coefficient (Wildman–Crippen LogP) is 3.38. The molecule has 15 heavy (non-hydrogen) atoms. The Hall–Kier alpha value is 0.137. The van der Waals surface area contributed by atoms with Crippen LogP contribution in [0.3, 0.4) is 0 Å². The van der Waals surface area contributed by atoms with Crippen LogP contribution in [-0.2, 0) is 4.43 Å². The summed E-state index contributed by atoms with van der Waals surface area (Å²) in [6.07, 6.45) is 2.33. The summed E-state index contributed by atoms with van der Waals surface area (Å²) in [7, 11) is -1.52. The van der Waals surface area contributed by atoms with Gasteiger partial charge in [0.2, 0.25) is 0 Å². The number of nitrogens with two attached hydrogens (primary N) is 1. The van der Waals surface area contributed by atoms with Crippen molar-refractivity contribution in [2.24, 2.45) is 11.7 Å². The summed E-state index contributed by atoms with van der Waals surface area (Å²) in [4.78, 5) is 0. The summed E-state index contributed by atoms with van der Waals surface area (Å²) < 4.78 is 6.09. The first-order chi connectivity index (χ1) is 6.70. The molecule has 0 aromatic rings. The monoisotopic (exact) mass is 231 g/mol. The van der Waals surface area contributed by atoms with Crippen molar-refractivity contribution in [1.29, 1.82) is 0 Å². The first-order valence-electron chi connectivity index (χ1n) is 6.04. The fourth-order valence-corrected chi connectivity index (χ4v) is 2.18. The lowest BCUT2D eigenvalue weighted by atomic mass is 10.1. The minimum Gasteiger partial charge on any atom is -0.417 e. The van der Waals surface area contributed by atoms with E-state index in [0.29, 0.717) is 11.0 Å². The number of rotatable bonds is 6. The summed E-state index contributed by atoms with van der Waals surface area (Å²) in [5.41, 5.74) is 5.58. The van der Waals surface area contributed by atoms with E-state index in [1.165, 1.54) is 6.42 Å². The molecule has 0 heterocycles. The van der Waals surface area contributed by atoms with Gasteiger partial charge in [-0.1, -0.05) is 27.7 Å². The first-order valence-corrected chi connectivity index (χ1v) is 8.95. The first kappa shape index (κ1) is 15.1. The van der Waals surface area contributed by atoms with Gasteiger partial charge in [-0.25, -0.2) is 0 Å². The third-order valence-electron chi connectivity index (χ3n) is 3.51. The van der Waals surface area contributed by atoms with Crippen molar-refractivity contribution >= 4 is 8.32 Å². The number of hydrogen-bond acceptors (Lipinski definition) is 2. The van der Waals surface area contributed by atoms with Gasteiger partial charge in [0.15, 0.2) is 8.32 Å². The van der Waals surface area contributed by atoms with Crippen molar-refractivity contribution < 1.29 is 4.43 Å². The summed E-state index contributed by atoms with van der Waals surface area (Å²) in [5, 5.41) is 0.326. The molecule has 0 spiro atoms. The van der Waals surface area contributed by atoms with E-state index < -0.39 is 8.32 Å². The topological polar surface area (TPSA) is 35.2 Å². The molecule has 0 rings (SSSR count). The van der Waals surface area contributed by atoms with Gasteiger partial charge in [-0.3, -0.25) is 0 Å². The summed E-state index contributed by atoms with van der Waals surface area (Å²) in [5.74, 6) is 0.632. The zero-order valence-corrected chi connectivity index (χ0v) is 12.4. The van der Waals surface area contributed by atoms with Crippen LogP contribution in [0.1, 0.15) is 40.5 Å². The van der Waals surface area contributed by atoms with Crippen molar-refractivity contribution in [2.45, 2.75) is 58.7 Å². The smallest absolute Gasteiger partial charge is 0.191 e. The molecule has 0 amide bonds. The zero-order valence-electron chi connectivity index (χ0n) is 11.4. The highest BCUT2D eigenvalue weighted by Gasteiger charge is 2.36. The molecular formula is C12H29NOSi. The minimum atomic E-state index is -1.52. The Morgan fingerprint density at radius 1 is 1.27 bits per heavy atom. The Bertz CT molecular complexity index is 175. The molecule has 0 fully saturated rings. The fraction of sp³-hybridized carbons (Fsp3) is 1.00. The molecule has 0 saturated heterocycles. The second-order valence-electron chi connectivity index (χ2n) is 6.09. The van der Waals surface area contributed by atoms with Crippen molar-refractivity contribution in [3.8, 4) is 0 Å². The average Bonchev–Trinajstić information content (AvgIpc) is 2.10. The Morgan fingerprint density at radius 2 is 1.80 bits per heavy atom. The second-order valence-corrected chi connectivity index (χ2v) is 10.9. The van der Waals surface area contributed by atoms with Gasteiger partial charge in [0.05, 0.1) is 0 Å². The molecule has 2 N–H and O–H groups in total. The largest absolute Gasteiger partial charge is 0.417 e. The summed E-state index contributed by atoms with van der Waals surface area (Å²) >= 11 is 0. The Kier molecular flexibility index (Phi) is 6.07. The highest BCUT2D eigenvalue weighted by Crippen LogP contribution is 2.36. The highest BCUT2D eigenvalue weighted by molar-refractivity contribution is 6.74. The maximum Gasteiger partial charge on any atom is 0.191 e. The highest BCUT2D eigenvalue weighted by atomic mass is 28.4. The SMILES string of the molecule is C[C@@H](CN)CCCO[Si](C)(C)C(C)(C)C. The van der Waals surface area contributed by atoms with E-state index in [9.17, 15) is 0 Å². The van der Waals surface area contributed by atoms with Crippen molar-refractivity contribution in [3.63, 3.8) is 0 Å².